The third-order valence-corrected chi connectivity index (χ3v) is 6.98. The number of ether oxygens (including phenoxy) is 3. The number of hydrogen-bond acceptors (Lipinski definition) is 8. The average Bonchev–Trinajstić information content (AvgIpc) is 3.31. The third kappa shape index (κ3) is 3.92. The van der Waals surface area contributed by atoms with E-state index in [1.54, 1.807) is 18.3 Å². The van der Waals surface area contributed by atoms with Crippen molar-refractivity contribution in [2.24, 2.45) is 0 Å². The van der Waals surface area contributed by atoms with Gasteiger partial charge in [0.25, 0.3) is 0 Å². The molecule has 0 bridgehead atoms. The van der Waals surface area contributed by atoms with E-state index in [-0.39, 0.29) is 6.61 Å². The Morgan fingerprint density at radius 3 is 2.77 bits per heavy atom. The molecule has 4 rings (SSSR count). The first-order valence-electron chi connectivity index (χ1n) is 9.83. The number of fused-ring (bicyclic) bond motifs is 2. The molecule has 0 aliphatic carbocycles. The molecule has 9 heteroatoms. The van der Waals surface area contributed by atoms with Crippen molar-refractivity contribution in [1.29, 1.82) is 0 Å². The highest BCUT2D eigenvalue weighted by Gasteiger charge is 2.57. The van der Waals surface area contributed by atoms with Crippen LogP contribution in [0.25, 0.3) is 0 Å². The first-order valence-corrected chi connectivity index (χ1v) is 11.0. The summed E-state index contributed by atoms with van der Waals surface area (Å²) >= 11 is 8.19. The summed E-state index contributed by atoms with van der Waals surface area (Å²) in [4.78, 5) is 2.25. The lowest BCUT2D eigenvalue weighted by Gasteiger charge is -2.45. The molecule has 0 radical (unpaired) electrons. The minimum atomic E-state index is -1.52. The maximum Gasteiger partial charge on any atom is 0.225 e. The van der Waals surface area contributed by atoms with Crippen LogP contribution in [0.15, 0.2) is 24.3 Å². The molecule has 0 unspecified atom stereocenters. The van der Waals surface area contributed by atoms with E-state index in [1.807, 2.05) is 31.3 Å². The summed E-state index contributed by atoms with van der Waals surface area (Å²) in [7, 11) is 1.83. The number of nitrogens with one attached hydrogen (secondary N) is 1. The first-order chi connectivity index (χ1) is 14.4. The zero-order valence-electron chi connectivity index (χ0n) is 16.8. The van der Waals surface area contributed by atoms with Gasteiger partial charge in [-0.3, -0.25) is 5.32 Å². The van der Waals surface area contributed by atoms with Crippen molar-refractivity contribution in [2.45, 2.75) is 56.8 Å². The predicted molar refractivity (Wildman–Crippen MR) is 112 cm³/mol. The number of aliphatic hydroxyl groups excluding tert-OH is 3. The molecule has 164 valence electrons. The van der Waals surface area contributed by atoms with Crippen LogP contribution in [0, 0.1) is 0 Å². The van der Waals surface area contributed by atoms with Gasteiger partial charge in [-0.1, -0.05) is 11.6 Å². The number of rotatable bonds is 6. The third-order valence-electron chi connectivity index (χ3n) is 5.57. The van der Waals surface area contributed by atoms with Crippen LogP contribution in [0.3, 0.4) is 0 Å². The van der Waals surface area contributed by atoms with Gasteiger partial charge in [0.2, 0.25) is 5.79 Å². The number of halogens is 1. The van der Waals surface area contributed by atoms with Crippen LogP contribution in [0.2, 0.25) is 5.02 Å². The normalized spacial score (nSPS) is 30.7. The summed E-state index contributed by atoms with van der Waals surface area (Å²) in [5.74, 6) is -1.52. The molecule has 0 amide bonds. The van der Waals surface area contributed by atoms with E-state index in [0.29, 0.717) is 30.3 Å². The summed E-state index contributed by atoms with van der Waals surface area (Å²) in [6.07, 6.45) is -4.09. The summed E-state index contributed by atoms with van der Waals surface area (Å²) in [5.41, 5.74) is 2.31. The molecule has 30 heavy (non-hydrogen) atoms. The lowest BCUT2D eigenvalue weighted by Crippen LogP contribution is -2.62. The number of hydrogen-bond donors (Lipinski definition) is 4. The van der Waals surface area contributed by atoms with Gasteiger partial charge in [0.15, 0.2) is 0 Å². The van der Waals surface area contributed by atoms with Crippen molar-refractivity contribution in [3.8, 4) is 0 Å². The van der Waals surface area contributed by atoms with Crippen molar-refractivity contribution in [3.05, 3.63) is 55.7 Å². The highest BCUT2D eigenvalue weighted by molar-refractivity contribution is 7.12. The van der Waals surface area contributed by atoms with E-state index < -0.39 is 30.2 Å². The molecule has 1 saturated heterocycles. The van der Waals surface area contributed by atoms with E-state index in [1.165, 1.54) is 0 Å². The monoisotopic (exact) mass is 455 g/mol. The molecule has 5 atom stereocenters. The fourth-order valence-electron chi connectivity index (χ4n) is 3.98. The fraction of sp³-hybridized carbons (Fsp3) is 0.524. The molecule has 2 aliphatic rings. The largest absolute Gasteiger partial charge is 0.388 e. The summed E-state index contributed by atoms with van der Waals surface area (Å²) in [6, 6.07) is 7.78. The van der Waals surface area contributed by atoms with Crippen molar-refractivity contribution in [1.82, 2.24) is 5.32 Å². The van der Waals surface area contributed by atoms with Crippen molar-refractivity contribution in [2.75, 3.05) is 13.8 Å². The molecular formula is C21H26ClNO6S. The first kappa shape index (κ1) is 22.1. The second-order valence-corrected chi connectivity index (χ2v) is 9.36. The summed E-state index contributed by atoms with van der Waals surface area (Å²) in [5, 5.41) is 34.6. The van der Waals surface area contributed by atoms with Gasteiger partial charge in [-0.2, -0.15) is 0 Å². The van der Waals surface area contributed by atoms with Crippen LogP contribution in [0.4, 0.5) is 0 Å². The molecule has 7 nitrogen and oxygen atoms in total. The van der Waals surface area contributed by atoms with E-state index in [2.05, 4.69) is 5.32 Å². The highest BCUT2D eigenvalue weighted by atomic mass is 35.5. The Labute approximate surface area is 184 Å². The van der Waals surface area contributed by atoms with Crippen LogP contribution in [-0.4, -0.2) is 53.5 Å². The maximum atomic E-state index is 10.7. The lowest BCUT2D eigenvalue weighted by molar-refractivity contribution is -0.362. The molecular weight excluding hydrogens is 430 g/mol. The highest BCUT2D eigenvalue weighted by Crippen LogP contribution is 2.47. The molecule has 1 aromatic carbocycles. The Morgan fingerprint density at radius 1 is 1.23 bits per heavy atom. The molecule has 4 N–H and O–H groups in total. The van der Waals surface area contributed by atoms with E-state index in [0.717, 1.165) is 20.9 Å². The zero-order chi connectivity index (χ0) is 21.5. The second kappa shape index (κ2) is 8.82. The Balaban J connectivity index is 1.60. The quantitative estimate of drug-likeness (QED) is 0.389. The molecule has 2 aromatic rings. The van der Waals surface area contributed by atoms with Crippen molar-refractivity contribution < 1.29 is 29.5 Å². The van der Waals surface area contributed by atoms with Gasteiger partial charge in [0, 0.05) is 26.8 Å². The van der Waals surface area contributed by atoms with Crippen LogP contribution in [0.1, 0.15) is 33.4 Å². The topological polar surface area (TPSA) is 100 Å². The van der Waals surface area contributed by atoms with Gasteiger partial charge in [0.1, 0.15) is 18.3 Å². The molecule has 1 spiro atoms. The van der Waals surface area contributed by atoms with E-state index in [9.17, 15) is 15.3 Å². The van der Waals surface area contributed by atoms with Gasteiger partial charge in [-0.25, -0.2) is 0 Å². The molecule has 1 aromatic heterocycles. The van der Waals surface area contributed by atoms with Crippen LogP contribution in [-0.2, 0) is 39.6 Å². The van der Waals surface area contributed by atoms with Crippen LogP contribution >= 0.6 is 22.9 Å². The molecule has 0 saturated carbocycles. The standard InChI is InChI=1S/C21H26ClNO6S/c1-11-18(24)19(25)20(26)21(29-11)16-6-12(17(22)7-13(16)8-28-21)5-14-3-4-15(30-14)9-27-10-23-2/h3-4,6-7,11,18-20,23-26H,5,8-10H2,1-2H3/t11-,18-,19+,20-,21+/m1/s1. The minimum absolute atomic E-state index is 0.202. The molecule has 3 heterocycles. The number of benzene rings is 1. The maximum absolute atomic E-state index is 10.7. The minimum Gasteiger partial charge on any atom is -0.388 e. The fourth-order valence-corrected chi connectivity index (χ4v) is 5.22. The Morgan fingerprint density at radius 2 is 2.00 bits per heavy atom. The number of aliphatic hydroxyl groups is 3. The molecule has 1 fully saturated rings. The van der Waals surface area contributed by atoms with Gasteiger partial charge < -0.3 is 29.5 Å². The van der Waals surface area contributed by atoms with E-state index in [4.69, 9.17) is 25.8 Å². The smallest absolute Gasteiger partial charge is 0.225 e. The summed E-state index contributed by atoms with van der Waals surface area (Å²) in [6.45, 7) is 2.88. The lowest BCUT2D eigenvalue weighted by atomic mass is 9.87. The number of thiophene rings is 1. The zero-order valence-corrected chi connectivity index (χ0v) is 18.4. The summed E-state index contributed by atoms with van der Waals surface area (Å²) < 4.78 is 17.3. The van der Waals surface area contributed by atoms with E-state index >= 15 is 0 Å². The van der Waals surface area contributed by atoms with Crippen LogP contribution in [0.5, 0.6) is 0 Å². The Bertz CT molecular complexity index is 908. The predicted octanol–water partition coefficient (Wildman–Crippen LogP) is 1.87. The van der Waals surface area contributed by atoms with Gasteiger partial charge in [-0.05, 0) is 49.4 Å². The second-order valence-electron chi connectivity index (χ2n) is 7.70. The van der Waals surface area contributed by atoms with Crippen LogP contribution < -0.4 is 5.32 Å². The SMILES string of the molecule is CNCOCc1ccc(Cc2cc3c(cc2Cl)CO[C@]32O[C@H](C)[C@@H](O)[C@H](O)[C@H]2O)s1. The van der Waals surface area contributed by atoms with Crippen molar-refractivity contribution in [3.63, 3.8) is 0 Å². The Hall–Kier alpha value is -1.07. The molecule has 2 aliphatic heterocycles. The van der Waals surface area contributed by atoms with Crippen molar-refractivity contribution >= 4 is 22.9 Å². The van der Waals surface area contributed by atoms with Gasteiger partial charge in [-0.15, -0.1) is 11.3 Å². The Kier molecular flexibility index (Phi) is 6.51. The average molecular weight is 456 g/mol. The van der Waals surface area contributed by atoms with Gasteiger partial charge in [0.05, 0.1) is 26.0 Å². The van der Waals surface area contributed by atoms with Gasteiger partial charge >= 0.3 is 0 Å².